The van der Waals surface area contributed by atoms with E-state index < -0.39 is 0 Å². The van der Waals surface area contributed by atoms with Gasteiger partial charge in [0.05, 0.1) is 6.54 Å². The maximum Gasteiger partial charge on any atom is 0.209 e. The van der Waals surface area contributed by atoms with Crippen molar-refractivity contribution in [2.45, 2.75) is 38.0 Å². The minimum atomic E-state index is 0.103. The van der Waals surface area contributed by atoms with E-state index in [2.05, 4.69) is 48.2 Å². The highest BCUT2D eigenvalue weighted by Gasteiger charge is 2.10. The summed E-state index contributed by atoms with van der Waals surface area (Å²) in [4.78, 5) is 0. The van der Waals surface area contributed by atoms with Crippen molar-refractivity contribution >= 4 is 23.4 Å². The first kappa shape index (κ1) is 14.5. The quantitative estimate of drug-likeness (QED) is 0.804. The van der Waals surface area contributed by atoms with Crippen LogP contribution >= 0.6 is 23.4 Å². The Morgan fingerprint density at radius 3 is 2.82 bits per heavy atom. The summed E-state index contributed by atoms with van der Waals surface area (Å²) in [6.45, 7) is 11.6. The van der Waals surface area contributed by atoms with Crippen molar-refractivity contribution in [2.75, 3.05) is 12.3 Å². The van der Waals surface area contributed by atoms with Gasteiger partial charge in [-0.3, -0.25) is 0 Å². The van der Waals surface area contributed by atoms with E-state index >= 15 is 0 Å². The van der Waals surface area contributed by atoms with Gasteiger partial charge in [0.25, 0.3) is 0 Å². The minimum absolute atomic E-state index is 0.103. The smallest absolute Gasteiger partial charge is 0.209 e. The Morgan fingerprint density at radius 2 is 2.24 bits per heavy atom. The Kier molecular flexibility index (Phi) is 5.42. The molecule has 0 saturated heterocycles. The third-order valence-corrected chi connectivity index (χ3v) is 3.17. The van der Waals surface area contributed by atoms with Gasteiger partial charge in [-0.15, -0.1) is 5.10 Å². The first-order valence-electron chi connectivity index (χ1n) is 5.36. The average Bonchev–Trinajstić information content (AvgIpc) is 2.60. The monoisotopic (exact) mass is 275 g/mol. The summed E-state index contributed by atoms with van der Waals surface area (Å²) in [5, 5.41) is 16.3. The SMILES string of the molecule is C=C(Cl)CSc1nnnn1CCNC(C)(C)C. The Hall–Kier alpha value is -0.590. The minimum Gasteiger partial charge on any atom is -0.310 e. The molecule has 0 fully saturated rings. The molecule has 7 heteroatoms. The lowest BCUT2D eigenvalue weighted by Gasteiger charge is -2.20. The topological polar surface area (TPSA) is 55.6 Å². The summed E-state index contributed by atoms with van der Waals surface area (Å²) in [5.74, 6) is 0.620. The molecule has 5 nitrogen and oxygen atoms in total. The van der Waals surface area contributed by atoms with Gasteiger partial charge >= 0.3 is 0 Å². The maximum atomic E-state index is 5.71. The molecule has 0 aliphatic carbocycles. The number of nitrogens with zero attached hydrogens (tertiary/aromatic N) is 4. The van der Waals surface area contributed by atoms with E-state index in [1.807, 2.05) is 0 Å². The molecule has 0 aliphatic heterocycles. The first-order chi connectivity index (χ1) is 7.88. The van der Waals surface area contributed by atoms with Gasteiger partial charge in [-0.05, 0) is 31.2 Å². The average molecular weight is 276 g/mol. The Labute approximate surface area is 111 Å². The van der Waals surface area contributed by atoms with Crippen LogP contribution in [0.1, 0.15) is 20.8 Å². The molecule has 0 bridgehead atoms. The zero-order chi connectivity index (χ0) is 12.9. The number of rotatable bonds is 6. The van der Waals surface area contributed by atoms with Gasteiger partial charge in [-0.25, -0.2) is 4.68 Å². The van der Waals surface area contributed by atoms with Crippen LogP contribution in [0.25, 0.3) is 0 Å². The van der Waals surface area contributed by atoms with E-state index in [0.29, 0.717) is 10.8 Å². The normalized spacial score (nSPS) is 11.8. The molecule has 0 spiro atoms. The molecular formula is C10H18ClN5S. The van der Waals surface area contributed by atoms with Crippen LogP contribution in [-0.2, 0) is 6.54 Å². The van der Waals surface area contributed by atoms with Gasteiger partial charge in [-0.1, -0.05) is 29.9 Å². The molecule has 96 valence electrons. The highest BCUT2D eigenvalue weighted by molar-refractivity contribution is 7.99. The molecule has 0 unspecified atom stereocenters. The lowest BCUT2D eigenvalue weighted by Crippen LogP contribution is -2.38. The van der Waals surface area contributed by atoms with Gasteiger partial charge in [0, 0.05) is 22.9 Å². The fourth-order valence-electron chi connectivity index (χ4n) is 1.12. The molecule has 0 atom stereocenters. The molecule has 1 rings (SSSR count). The highest BCUT2D eigenvalue weighted by atomic mass is 35.5. The highest BCUT2D eigenvalue weighted by Crippen LogP contribution is 2.17. The van der Waals surface area contributed by atoms with Gasteiger partial charge in [0.1, 0.15) is 0 Å². The van der Waals surface area contributed by atoms with Crippen LogP contribution < -0.4 is 5.32 Å². The molecule has 0 aliphatic rings. The standard InChI is InChI=1S/C10H18ClN5S/c1-8(11)7-17-9-13-14-15-16(9)6-5-12-10(2,3)4/h12H,1,5-7H2,2-4H3. The summed E-state index contributed by atoms with van der Waals surface area (Å²) < 4.78 is 1.77. The Morgan fingerprint density at radius 1 is 1.53 bits per heavy atom. The number of nitrogens with one attached hydrogen (secondary N) is 1. The van der Waals surface area contributed by atoms with Crippen LogP contribution in [-0.4, -0.2) is 38.0 Å². The van der Waals surface area contributed by atoms with Crippen LogP contribution in [0.3, 0.4) is 0 Å². The molecule has 1 heterocycles. The summed E-state index contributed by atoms with van der Waals surface area (Å²) in [6, 6.07) is 0. The van der Waals surface area contributed by atoms with Gasteiger partial charge in [-0.2, -0.15) is 0 Å². The third kappa shape index (κ3) is 6.05. The van der Waals surface area contributed by atoms with Crippen LogP contribution in [0.4, 0.5) is 0 Å². The number of thioether (sulfide) groups is 1. The third-order valence-electron chi connectivity index (χ3n) is 1.84. The Balaban J connectivity index is 2.43. The molecular weight excluding hydrogens is 258 g/mol. The molecule has 17 heavy (non-hydrogen) atoms. The van der Waals surface area contributed by atoms with Crippen molar-refractivity contribution < 1.29 is 0 Å². The van der Waals surface area contributed by atoms with Crippen molar-refractivity contribution in [1.82, 2.24) is 25.5 Å². The van der Waals surface area contributed by atoms with E-state index in [0.717, 1.165) is 18.2 Å². The summed E-state index contributed by atoms with van der Waals surface area (Å²) in [5.41, 5.74) is 0.103. The predicted octanol–water partition coefficient (Wildman–Crippen LogP) is 1.91. The summed E-state index contributed by atoms with van der Waals surface area (Å²) >= 11 is 7.19. The van der Waals surface area contributed by atoms with Crippen LogP contribution in [0.5, 0.6) is 0 Å². The first-order valence-corrected chi connectivity index (χ1v) is 6.72. The fraction of sp³-hybridized carbons (Fsp3) is 0.700. The lowest BCUT2D eigenvalue weighted by molar-refractivity contribution is 0.396. The molecule has 1 aromatic rings. The van der Waals surface area contributed by atoms with Crippen LogP contribution in [0, 0.1) is 0 Å². The number of aromatic nitrogens is 4. The fourth-order valence-corrected chi connectivity index (χ4v) is 1.94. The largest absolute Gasteiger partial charge is 0.310 e. The van der Waals surface area contributed by atoms with Crippen molar-refractivity contribution in [1.29, 1.82) is 0 Å². The maximum absolute atomic E-state index is 5.71. The summed E-state index contributed by atoms with van der Waals surface area (Å²) in [6.07, 6.45) is 0. The molecule has 0 radical (unpaired) electrons. The van der Waals surface area contributed by atoms with E-state index in [-0.39, 0.29) is 5.54 Å². The van der Waals surface area contributed by atoms with Crippen LogP contribution in [0.2, 0.25) is 0 Å². The van der Waals surface area contributed by atoms with Crippen molar-refractivity contribution in [3.05, 3.63) is 11.6 Å². The van der Waals surface area contributed by atoms with E-state index in [9.17, 15) is 0 Å². The Bertz CT molecular complexity index is 371. The summed E-state index contributed by atoms with van der Waals surface area (Å²) in [7, 11) is 0. The van der Waals surface area contributed by atoms with Gasteiger partial charge < -0.3 is 5.32 Å². The second kappa shape index (κ2) is 6.37. The molecule has 1 aromatic heterocycles. The number of hydrogen-bond acceptors (Lipinski definition) is 5. The number of tetrazole rings is 1. The van der Waals surface area contributed by atoms with E-state index in [1.54, 1.807) is 4.68 Å². The lowest BCUT2D eigenvalue weighted by atomic mass is 10.1. The van der Waals surface area contributed by atoms with Gasteiger partial charge in [0.2, 0.25) is 5.16 Å². The van der Waals surface area contributed by atoms with E-state index in [4.69, 9.17) is 11.6 Å². The van der Waals surface area contributed by atoms with Crippen molar-refractivity contribution in [2.24, 2.45) is 0 Å². The molecule has 0 saturated carbocycles. The van der Waals surface area contributed by atoms with Crippen molar-refractivity contribution in [3.63, 3.8) is 0 Å². The second-order valence-corrected chi connectivity index (χ2v) is 6.14. The second-order valence-electron chi connectivity index (χ2n) is 4.67. The van der Waals surface area contributed by atoms with E-state index in [1.165, 1.54) is 11.8 Å². The number of halogens is 1. The molecule has 0 aromatic carbocycles. The molecule has 0 amide bonds. The zero-order valence-electron chi connectivity index (χ0n) is 10.4. The van der Waals surface area contributed by atoms with Crippen LogP contribution in [0.15, 0.2) is 16.8 Å². The number of hydrogen-bond donors (Lipinski definition) is 1. The zero-order valence-corrected chi connectivity index (χ0v) is 12.0. The predicted molar refractivity (Wildman–Crippen MR) is 71.3 cm³/mol. The van der Waals surface area contributed by atoms with Crippen molar-refractivity contribution in [3.8, 4) is 0 Å². The molecule has 1 N–H and O–H groups in total. The van der Waals surface area contributed by atoms with Gasteiger partial charge in [0.15, 0.2) is 0 Å².